The average Bonchev–Trinajstić information content (AvgIpc) is 3.02. The molecule has 1 aliphatic carbocycles. The smallest absolute Gasteiger partial charge is 0.407 e. The van der Waals surface area contributed by atoms with Gasteiger partial charge in [0.1, 0.15) is 5.82 Å². The van der Waals surface area contributed by atoms with Crippen LogP contribution in [0.15, 0.2) is 48.7 Å². The summed E-state index contributed by atoms with van der Waals surface area (Å²) in [5.74, 6) is 1.96. The predicted molar refractivity (Wildman–Crippen MR) is 169 cm³/mol. The van der Waals surface area contributed by atoms with Crippen molar-refractivity contribution in [3.63, 3.8) is 0 Å². The number of anilines is 1. The van der Waals surface area contributed by atoms with Crippen LogP contribution in [0.5, 0.6) is 0 Å². The lowest BCUT2D eigenvalue weighted by Crippen LogP contribution is -2.41. The number of piperidine rings is 1. The maximum Gasteiger partial charge on any atom is 0.407 e. The molecular formula is C34H45N5O4. The summed E-state index contributed by atoms with van der Waals surface area (Å²) < 4.78 is 5.44. The highest BCUT2D eigenvalue weighted by atomic mass is 16.5. The SMILES string of the molecule is CC(C)(C)NC(=O)OCC1CCC(CNC(=O)c2cc(-c3ccc(N4CCC(CO)CC4)nc3)nc3ccccc23)CC1. The summed E-state index contributed by atoms with van der Waals surface area (Å²) in [5, 5.41) is 16.3. The van der Waals surface area contributed by atoms with Gasteiger partial charge in [-0.05, 0) is 101 Å². The van der Waals surface area contributed by atoms with E-state index in [1.165, 1.54) is 0 Å². The highest BCUT2D eigenvalue weighted by Crippen LogP contribution is 2.30. The number of carbonyl (C=O) groups is 2. The van der Waals surface area contributed by atoms with Gasteiger partial charge in [0, 0.05) is 48.9 Å². The largest absolute Gasteiger partial charge is 0.449 e. The molecular weight excluding hydrogens is 542 g/mol. The fraction of sp³-hybridized carbons (Fsp3) is 0.529. The van der Waals surface area contributed by atoms with Crippen molar-refractivity contribution in [2.75, 3.05) is 37.7 Å². The molecule has 0 radical (unpaired) electrons. The second-order valence-corrected chi connectivity index (χ2v) is 13.2. The summed E-state index contributed by atoms with van der Waals surface area (Å²) in [6.07, 6.45) is 7.36. The van der Waals surface area contributed by atoms with Crippen molar-refractivity contribution >= 4 is 28.7 Å². The van der Waals surface area contributed by atoms with E-state index in [0.29, 0.717) is 36.5 Å². The number of aliphatic hydroxyl groups is 1. The molecule has 2 amide bonds. The number of pyridine rings is 2. The molecule has 1 aliphatic heterocycles. The Hall–Kier alpha value is -3.72. The molecule has 0 unspecified atom stereocenters. The number of aliphatic hydroxyl groups excluding tert-OH is 1. The van der Waals surface area contributed by atoms with Gasteiger partial charge in [0.25, 0.3) is 5.91 Å². The van der Waals surface area contributed by atoms with E-state index in [2.05, 4.69) is 15.5 Å². The third-order valence-corrected chi connectivity index (χ3v) is 8.65. The molecule has 1 saturated carbocycles. The molecule has 0 spiro atoms. The number of amides is 2. The van der Waals surface area contributed by atoms with Gasteiger partial charge < -0.3 is 25.4 Å². The van der Waals surface area contributed by atoms with Gasteiger partial charge in [-0.2, -0.15) is 0 Å². The first-order valence-electron chi connectivity index (χ1n) is 15.6. The third kappa shape index (κ3) is 8.22. The summed E-state index contributed by atoms with van der Waals surface area (Å²) in [7, 11) is 0. The van der Waals surface area contributed by atoms with Crippen molar-refractivity contribution in [1.82, 2.24) is 20.6 Å². The predicted octanol–water partition coefficient (Wildman–Crippen LogP) is 5.57. The zero-order chi connectivity index (χ0) is 30.4. The van der Waals surface area contributed by atoms with E-state index >= 15 is 0 Å². The van der Waals surface area contributed by atoms with Gasteiger partial charge >= 0.3 is 6.09 Å². The number of benzene rings is 1. The molecule has 0 atom stereocenters. The Balaban J connectivity index is 1.19. The highest BCUT2D eigenvalue weighted by Gasteiger charge is 2.25. The fourth-order valence-corrected chi connectivity index (χ4v) is 6.05. The Morgan fingerprint density at radius 3 is 2.37 bits per heavy atom. The van der Waals surface area contributed by atoms with Crippen LogP contribution in [0.25, 0.3) is 22.2 Å². The van der Waals surface area contributed by atoms with E-state index < -0.39 is 0 Å². The molecule has 5 rings (SSSR count). The summed E-state index contributed by atoms with van der Waals surface area (Å²) >= 11 is 0. The minimum absolute atomic E-state index is 0.0968. The number of rotatable bonds is 8. The minimum atomic E-state index is -0.364. The van der Waals surface area contributed by atoms with Crippen molar-refractivity contribution in [2.45, 2.75) is 64.8 Å². The second kappa shape index (κ2) is 13.7. The quantitative estimate of drug-likeness (QED) is 0.316. The topological polar surface area (TPSA) is 117 Å². The molecule has 9 heteroatoms. The van der Waals surface area contributed by atoms with Crippen molar-refractivity contribution in [2.24, 2.45) is 17.8 Å². The van der Waals surface area contributed by atoms with E-state index in [-0.39, 0.29) is 24.1 Å². The van der Waals surface area contributed by atoms with Gasteiger partial charge in [-0.3, -0.25) is 4.79 Å². The Morgan fingerprint density at radius 2 is 1.70 bits per heavy atom. The molecule has 9 nitrogen and oxygen atoms in total. The molecule has 2 fully saturated rings. The van der Waals surface area contributed by atoms with Gasteiger partial charge in [-0.25, -0.2) is 14.8 Å². The number of alkyl carbamates (subject to hydrolysis) is 1. The van der Waals surface area contributed by atoms with Crippen LogP contribution in [-0.2, 0) is 4.74 Å². The number of nitrogens with zero attached hydrogens (tertiary/aromatic N) is 3. The first kappa shape index (κ1) is 30.7. The van der Waals surface area contributed by atoms with Crippen LogP contribution in [0, 0.1) is 17.8 Å². The number of fused-ring (bicyclic) bond motifs is 1. The first-order valence-corrected chi connectivity index (χ1v) is 15.6. The number of nitrogens with one attached hydrogen (secondary N) is 2. The van der Waals surface area contributed by atoms with Crippen molar-refractivity contribution < 1.29 is 19.4 Å². The number of aromatic nitrogens is 2. The lowest BCUT2D eigenvalue weighted by molar-refractivity contribution is 0.0916. The number of ether oxygens (including phenoxy) is 1. The first-order chi connectivity index (χ1) is 20.7. The minimum Gasteiger partial charge on any atom is -0.449 e. The molecule has 0 bridgehead atoms. The summed E-state index contributed by atoms with van der Waals surface area (Å²) in [6.45, 7) is 8.88. The standard InChI is InChI=1S/C34H45N5O4/c1-34(2,3)38-33(42)43-22-25-10-8-23(9-11-25)19-36-32(41)28-18-30(37-29-7-5-4-6-27(28)29)26-12-13-31(35-20-26)39-16-14-24(21-40)15-17-39/h4-7,12-13,18,20,23-25,40H,8-11,14-17,19,21-22H2,1-3H3,(H,36,41)(H,38,42). The van der Waals surface area contributed by atoms with Crippen LogP contribution < -0.4 is 15.5 Å². The van der Waals surface area contributed by atoms with Crippen LogP contribution in [0.4, 0.5) is 10.6 Å². The normalized spacial score (nSPS) is 19.7. The monoisotopic (exact) mass is 587 g/mol. The maximum absolute atomic E-state index is 13.5. The molecule has 3 aromatic rings. The second-order valence-electron chi connectivity index (χ2n) is 13.2. The summed E-state index contributed by atoms with van der Waals surface area (Å²) in [6, 6.07) is 13.7. The van der Waals surface area contributed by atoms with Crippen LogP contribution in [-0.4, -0.2) is 65.5 Å². The maximum atomic E-state index is 13.5. The molecule has 230 valence electrons. The number of hydrogen-bond donors (Lipinski definition) is 3. The van der Waals surface area contributed by atoms with Crippen molar-refractivity contribution in [3.05, 3.63) is 54.2 Å². The fourth-order valence-electron chi connectivity index (χ4n) is 6.05. The number of hydrogen-bond acceptors (Lipinski definition) is 7. The van der Waals surface area contributed by atoms with Crippen molar-refractivity contribution in [1.29, 1.82) is 0 Å². The van der Waals surface area contributed by atoms with Crippen LogP contribution in [0.2, 0.25) is 0 Å². The van der Waals surface area contributed by atoms with Crippen molar-refractivity contribution in [3.8, 4) is 11.3 Å². The van der Waals surface area contributed by atoms with Gasteiger partial charge in [-0.15, -0.1) is 0 Å². The van der Waals surface area contributed by atoms with Crippen LogP contribution >= 0.6 is 0 Å². The number of carbonyl (C=O) groups excluding carboxylic acids is 2. The Kier molecular flexibility index (Phi) is 9.80. The van der Waals surface area contributed by atoms with E-state index in [1.54, 1.807) is 0 Å². The summed E-state index contributed by atoms with van der Waals surface area (Å²) in [5.41, 5.74) is 2.66. The average molecular weight is 588 g/mol. The highest BCUT2D eigenvalue weighted by molar-refractivity contribution is 6.07. The lowest BCUT2D eigenvalue weighted by Gasteiger charge is -2.32. The zero-order valence-electron chi connectivity index (χ0n) is 25.6. The number of para-hydroxylation sites is 1. The van der Waals surface area contributed by atoms with E-state index in [9.17, 15) is 14.7 Å². The zero-order valence-corrected chi connectivity index (χ0v) is 25.6. The molecule has 1 saturated heterocycles. The van der Waals surface area contributed by atoms with Gasteiger partial charge in [0.05, 0.1) is 23.4 Å². The van der Waals surface area contributed by atoms with Gasteiger partial charge in [0.15, 0.2) is 0 Å². The Bertz CT molecular complexity index is 1390. The summed E-state index contributed by atoms with van der Waals surface area (Å²) in [4.78, 5) is 37.3. The van der Waals surface area contributed by atoms with Crippen LogP contribution in [0.1, 0.15) is 69.7 Å². The lowest BCUT2D eigenvalue weighted by atomic mass is 9.82. The Morgan fingerprint density at radius 1 is 0.977 bits per heavy atom. The molecule has 3 N–H and O–H groups in total. The molecule has 43 heavy (non-hydrogen) atoms. The van der Waals surface area contributed by atoms with Gasteiger partial charge in [0.2, 0.25) is 0 Å². The molecule has 3 heterocycles. The Labute approximate surface area is 254 Å². The molecule has 2 aromatic heterocycles. The van der Waals surface area contributed by atoms with E-state index in [1.807, 2.05) is 69.4 Å². The van der Waals surface area contributed by atoms with E-state index in [0.717, 1.165) is 79.6 Å². The molecule has 2 aliphatic rings. The van der Waals surface area contributed by atoms with E-state index in [4.69, 9.17) is 14.7 Å². The third-order valence-electron chi connectivity index (χ3n) is 8.65. The molecule has 1 aromatic carbocycles. The van der Waals surface area contributed by atoms with Crippen LogP contribution in [0.3, 0.4) is 0 Å². The van der Waals surface area contributed by atoms with Gasteiger partial charge in [-0.1, -0.05) is 18.2 Å².